The zero-order chi connectivity index (χ0) is 7.56. The zero-order valence-corrected chi connectivity index (χ0v) is 7.00. The van der Waals surface area contributed by atoms with Crippen molar-refractivity contribution in [1.82, 2.24) is 0 Å². The van der Waals surface area contributed by atoms with Crippen LogP contribution in [0.25, 0.3) is 0 Å². The van der Waals surface area contributed by atoms with Gasteiger partial charge in [-0.3, -0.25) is 0 Å². The molecule has 1 aliphatic rings. The maximum absolute atomic E-state index is 5.66. The maximum Gasteiger partial charge on any atom is 0.0731 e. The van der Waals surface area contributed by atoms with Crippen LogP contribution in [0.3, 0.4) is 0 Å². The molecule has 3 unspecified atom stereocenters. The molecule has 10 heavy (non-hydrogen) atoms. The van der Waals surface area contributed by atoms with Crippen molar-refractivity contribution in [2.45, 2.75) is 39.4 Å². The Kier molecular flexibility index (Phi) is 2.50. The molecule has 1 rings (SSSR count). The molecule has 0 bridgehead atoms. The monoisotopic (exact) mass is 140 g/mol. The lowest BCUT2D eigenvalue weighted by molar-refractivity contribution is -0.0107. The lowest BCUT2D eigenvalue weighted by Crippen LogP contribution is -2.27. The molecule has 58 valence electrons. The van der Waals surface area contributed by atoms with Crippen molar-refractivity contribution in [2.75, 3.05) is 0 Å². The van der Waals surface area contributed by atoms with E-state index >= 15 is 0 Å². The van der Waals surface area contributed by atoms with E-state index in [0.717, 1.165) is 6.42 Å². The van der Waals surface area contributed by atoms with Crippen LogP contribution in [-0.2, 0) is 4.74 Å². The summed E-state index contributed by atoms with van der Waals surface area (Å²) in [4.78, 5) is 0. The minimum absolute atomic E-state index is 0.321. The van der Waals surface area contributed by atoms with Crippen molar-refractivity contribution in [3.05, 3.63) is 12.2 Å². The summed E-state index contributed by atoms with van der Waals surface area (Å²) >= 11 is 0. The molecular formula is C9H16O. The van der Waals surface area contributed by atoms with Crippen LogP contribution in [0.1, 0.15) is 27.2 Å². The van der Waals surface area contributed by atoms with Gasteiger partial charge in [0, 0.05) is 5.92 Å². The van der Waals surface area contributed by atoms with Crippen LogP contribution in [0, 0.1) is 5.92 Å². The molecular weight excluding hydrogens is 124 g/mol. The quantitative estimate of drug-likeness (QED) is 0.508. The van der Waals surface area contributed by atoms with Gasteiger partial charge in [0.05, 0.1) is 12.2 Å². The predicted octanol–water partition coefficient (Wildman–Crippen LogP) is 2.38. The third-order valence-corrected chi connectivity index (χ3v) is 2.06. The van der Waals surface area contributed by atoms with Crippen LogP contribution in [0.15, 0.2) is 12.2 Å². The molecule has 0 N–H and O–H groups in total. The average Bonchev–Trinajstić information content (AvgIpc) is 1.94. The van der Waals surface area contributed by atoms with Gasteiger partial charge in [0.25, 0.3) is 0 Å². The van der Waals surface area contributed by atoms with Crippen LogP contribution < -0.4 is 0 Å². The highest BCUT2D eigenvalue weighted by molar-refractivity contribution is 4.98. The minimum Gasteiger partial charge on any atom is -0.371 e. The zero-order valence-electron chi connectivity index (χ0n) is 7.00. The predicted molar refractivity (Wildman–Crippen MR) is 42.9 cm³/mol. The van der Waals surface area contributed by atoms with Gasteiger partial charge in [0.2, 0.25) is 0 Å². The molecule has 0 saturated heterocycles. The van der Waals surface area contributed by atoms with E-state index in [1.165, 1.54) is 0 Å². The highest BCUT2D eigenvalue weighted by atomic mass is 16.5. The highest BCUT2D eigenvalue weighted by Crippen LogP contribution is 2.19. The Morgan fingerprint density at radius 1 is 1.30 bits per heavy atom. The summed E-state index contributed by atoms with van der Waals surface area (Å²) in [5, 5.41) is 0. The van der Waals surface area contributed by atoms with E-state index in [-0.39, 0.29) is 0 Å². The van der Waals surface area contributed by atoms with E-state index < -0.39 is 0 Å². The number of ether oxygens (including phenoxy) is 1. The second kappa shape index (κ2) is 3.20. The van der Waals surface area contributed by atoms with E-state index in [0.29, 0.717) is 18.1 Å². The fraction of sp³-hybridized carbons (Fsp3) is 0.778. The first kappa shape index (κ1) is 7.80. The van der Waals surface area contributed by atoms with Crippen molar-refractivity contribution in [3.63, 3.8) is 0 Å². The van der Waals surface area contributed by atoms with E-state index in [1.807, 2.05) is 0 Å². The van der Waals surface area contributed by atoms with Gasteiger partial charge in [-0.25, -0.2) is 0 Å². The van der Waals surface area contributed by atoms with Gasteiger partial charge in [-0.15, -0.1) is 0 Å². The van der Waals surface area contributed by atoms with Crippen molar-refractivity contribution >= 4 is 0 Å². The molecule has 1 heterocycles. The fourth-order valence-corrected chi connectivity index (χ4v) is 1.37. The fourth-order valence-electron chi connectivity index (χ4n) is 1.37. The molecule has 1 nitrogen and oxygen atoms in total. The van der Waals surface area contributed by atoms with Crippen LogP contribution in [-0.4, -0.2) is 12.2 Å². The van der Waals surface area contributed by atoms with Crippen LogP contribution in [0.2, 0.25) is 0 Å². The Morgan fingerprint density at radius 2 is 2.00 bits per heavy atom. The van der Waals surface area contributed by atoms with Crippen molar-refractivity contribution in [3.8, 4) is 0 Å². The Balaban J connectivity index is 2.53. The van der Waals surface area contributed by atoms with Gasteiger partial charge < -0.3 is 4.74 Å². The molecule has 0 radical (unpaired) electrons. The molecule has 0 spiro atoms. The Hall–Kier alpha value is -0.300. The molecule has 0 saturated carbocycles. The SMILES string of the molecule is CCC1OC(C)C=CC1C. The van der Waals surface area contributed by atoms with E-state index in [9.17, 15) is 0 Å². The summed E-state index contributed by atoms with van der Waals surface area (Å²) in [6.07, 6.45) is 6.27. The Labute approximate surface area is 63.1 Å². The Bertz CT molecular complexity index is 129. The normalized spacial score (nSPS) is 40.1. The second-order valence-corrected chi connectivity index (χ2v) is 3.03. The summed E-state index contributed by atoms with van der Waals surface area (Å²) in [6.45, 7) is 6.47. The first-order valence-corrected chi connectivity index (χ1v) is 4.07. The lowest BCUT2D eigenvalue weighted by Gasteiger charge is -2.27. The van der Waals surface area contributed by atoms with Gasteiger partial charge in [0.15, 0.2) is 0 Å². The molecule has 1 heteroatoms. The lowest BCUT2D eigenvalue weighted by atomic mass is 9.99. The van der Waals surface area contributed by atoms with Crippen LogP contribution in [0.4, 0.5) is 0 Å². The third kappa shape index (κ3) is 1.60. The number of hydrogen-bond donors (Lipinski definition) is 0. The van der Waals surface area contributed by atoms with Gasteiger partial charge in [0.1, 0.15) is 0 Å². The average molecular weight is 140 g/mol. The number of rotatable bonds is 1. The minimum atomic E-state index is 0.321. The molecule has 3 atom stereocenters. The molecule has 1 aliphatic heterocycles. The number of hydrogen-bond acceptors (Lipinski definition) is 1. The van der Waals surface area contributed by atoms with Crippen molar-refractivity contribution in [1.29, 1.82) is 0 Å². The summed E-state index contributed by atoms with van der Waals surface area (Å²) in [7, 11) is 0. The molecule has 0 aromatic rings. The summed E-state index contributed by atoms with van der Waals surface area (Å²) < 4.78 is 5.66. The summed E-state index contributed by atoms with van der Waals surface area (Å²) in [5.74, 6) is 0.598. The van der Waals surface area contributed by atoms with Gasteiger partial charge >= 0.3 is 0 Å². The van der Waals surface area contributed by atoms with Crippen LogP contribution >= 0.6 is 0 Å². The van der Waals surface area contributed by atoms with E-state index in [2.05, 4.69) is 32.9 Å². The van der Waals surface area contributed by atoms with Gasteiger partial charge in [-0.05, 0) is 13.3 Å². The van der Waals surface area contributed by atoms with Crippen molar-refractivity contribution in [2.24, 2.45) is 5.92 Å². The summed E-state index contributed by atoms with van der Waals surface area (Å²) in [6, 6.07) is 0. The molecule has 0 fully saturated rings. The molecule has 0 aromatic heterocycles. The Morgan fingerprint density at radius 3 is 2.50 bits per heavy atom. The smallest absolute Gasteiger partial charge is 0.0731 e. The van der Waals surface area contributed by atoms with E-state index in [1.54, 1.807) is 0 Å². The van der Waals surface area contributed by atoms with Gasteiger partial charge in [-0.2, -0.15) is 0 Å². The van der Waals surface area contributed by atoms with Crippen molar-refractivity contribution < 1.29 is 4.74 Å². The standard InChI is InChI=1S/C9H16O/c1-4-9-7(2)5-6-8(3)10-9/h5-9H,4H2,1-3H3. The first-order chi connectivity index (χ1) is 4.74. The highest BCUT2D eigenvalue weighted by Gasteiger charge is 2.19. The molecule has 0 aromatic carbocycles. The third-order valence-electron chi connectivity index (χ3n) is 2.06. The second-order valence-electron chi connectivity index (χ2n) is 3.03. The molecule has 0 amide bonds. The van der Waals surface area contributed by atoms with Crippen LogP contribution in [0.5, 0.6) is 0 Å². The van der Waals surface area contributed by atoms with Gasteiger partial charge in [-0.1, -0.05) is 26.0 Å². The maximum atomic E-state index is 5.66. The topological polar surface area (TPSA) is 9.23 Å². The first-order valence-electron chi connectivity index (χ1n) is 4.07. The largest absolute Gasteiger partial charge is 0.371 e. The van der Waals surface area contributed by atoms with E-state index in [4.69, 9.17) is 4.74 Å². The summed E-state index contributed by atoms with van der Waals surface area (Å²) in [5.41, 5.74) is 0. The molecule has 0 aliphatic carbocycles.